The smallest absolute Gasteiger partial charge is 0.338 e. The van der Waals surface area contributed by atoms with Crippen LogP contribution in [0.1, 0.15) is 58.3 Å². The number of rotatable bonds is 3. The molecule has 0 aromatic heterocycles. The molecule has 1 unspecified atom stereocenters. The number of hydrogen-bond acceptors (Lipinski definition) is 11. The molecule has 11 heteroatoms. The van der Waals surface area contributed by atoms with Crippen molar-refractivity contribution in [1.29, 1.82) is 0 Å². The summed E-state index contributed by atoms with van der Waals surface area (Å²) < 4.78 is 23.2. The second-order valence-corrected chi connectivity index (χ2v) is 12.4. The van der Waals surface area contributed by atoms with E-state index in [-0.39, 0.29) is 16.7 Å². The first-order chi connectivity index (χ1) is 19.4. The number of carbonyl (C=O) groups is 5. The van der Waals surface area contributed by atoms with Crippen molar-refractivity contribution in [3.63, 3.8) is 0 Å². The Morgan fingerprint density at radius 2 is 1.64 bits per heavy atom. The predicted molar refractivity (Wildman–Crippen MR) is 143 cm³/mol. The largest absolute Gasteiger partial charge is 0.459 e. The summed E-state index contributed by atoms with van der Waals surface area (Å²) in [5, 5.41) is 24.6. The van der Waals surface area contributed by atoms with E-state index in [0.29, 0.717) is 0 Å². The van der Waals surface area contributed by atoms with Gasteiger partial charge in [-0.2, -0.15) is 0 Å². The van der Waals surface area contributed by atoms with Gasteiger partial charge in [0.05, 0.1) is 16.9 Å². The maximum Gasteiger partial charge on any atom is 0.338 e. The number of cyclic esters (lactones) is 1. The molecule has 0 radical (unpaired) electrons. The molecule has 11 nitrogen and oxygen atoms in total. The summed E-state index contributed by atoms with van der Waals surface area (Å²) >= 11 is 0. The zero-order valence-corrected chi connectivity index (χ0v) is 24.3. The molecular weight excluding hydrogens is 548 g/mol. The van der Waals surface area contributed by atoms with Crippen LogP contribution in [0.2, 0.25) is 0 Å². The van der Waals surface area contributed by atoms with Crippen LogP contribution in [0.25, 0.3) is 0 Å². The molecule has 2 aliphatic carbocycles. The van der Waals surface area contributed by atoms with Gasteiger partial charge in [-0.15, -0.1) is 0 Å². The number of esters is 3. The number of benzene rings is 1. The molecule has 2 heterocycles. The number of ketones is 2. The zero-order valence-electron chi connectivity index (χ0n) is 24.3. The highest BCUT2D eigenvalue weighted by Crippen LogP contribution is 2.65. The summed E-state index contributed by atoms with van der Waals surface area (Å²) in [6, 6.07) is 7.94. The lowest BCUT2D eigenvalue weighted by molar-refractivity contribution is -0.242. The number of ether oxygens (including phenoxy) is 4. The Hall–Kier alpha value is -3.67. The third-order valence-corrected chi connectivity index (χ3v) is 9.76. The van der Waals surface area contributed by atoms with Crippen molar-refractivity contribution in [1.82, 2.24) is 0 Å². The van der Waals surface area contributed by atoms with Gasteiger partial charge in [0.1, 0.15) is 23.9 Å². The van der Waals surface area contributed by atoms with Crippen LogP contribution in [0.4, 0.5) is 0 Å². The van der Waals surface area contributed by atoms with Crippen molar-refractivity contribution in [2.24, 2.45) is 16.7 Å². The first-order valence-electron chi connectivity index (χ1n) is 13.7. The van der Waals surface area contributed by atoms with Crippen LogP contribution in [-0.2, 0) is 38.1 Å². The number of carbonyl (C=O) groups excluding carboxylic acids is 5. The first-order valence-corrected chi connectivity index (χ1v) is 13.7. The van der Waals surface area contributed by atoms with E-state index in [4.69, 9.17) is 18.9 Å². The predicted octanol–water partition coefficient (Wildman–Crippen LogP) is 1.99. The highest BCUT2D eigenvalue weighted by Gasteiger charge is 2.79. The Labute approximate surface area is 242 Å². The van der Waals surface area contributed by atoms with E-state index in [0.717, 1.165) is 13.0 Å². The number of hydrogen-bond donors (Lipinski definition) is 2. The van der Waals surface area contributed by atoms with Gasteiger partial charge in [-0.1, -0.05) is 32.0 Å². The molecule has 2 bridgehead atoms. The fourth-order valence-electron chi connectivity index (χ4n) is 7.32. The summed E-state index contributed by atoms with van der Waals surface area (Å²) in [6.45, 7) is 7.82. The molecule has 2 N–H and O–H groups in total. The van der Waals surface area contributed by atoms with Gasteiger partial charge >= 0.3 is 17.9 Å². The van der Waals surface area contributed by atoms with Gasteiger partial charge in [0, 0.05) is 24.8 Å². The molecule has 1 aromatic rings. The minimum Gasteiger partial charge on any atom is -0.459 e. The lowest BCUT2D eigenvalue weighted by Crippen LogP contribution is -2.71. The van der Waals surface area contributed by atoms with E-state index < -0.39 is 88.4 Å². The average Bonchev–Trinajstić information content (AvgIpc) is 3.08. The first kappa shape index (κ1) is 29.8. The van der Waals surface area contributed by atoms with E-state index >= 15 is 0 Å². The normalized spacial score (nSPS) is 38.9. The molecule has 0 amide bonds. The molecule has 1 saturated heterocycles. The molecule has 2 aliphatic heterocycles. The van der Waals surface area contributed by atoms with Crippen LogP contribution in [0, 0.1) is 16.7 Å². The van der Waals surface area contributed by atoms with E-state index in [1.54, 1.807) is 32.0 Å². The fourth-order valence-corrected chi connectivity index (χ4v) is 7.32. The Morgan fingerprint density at radius 1 is 1.00 bits per heavy atom. The quantitative estimate of drug-likeness (QED) is 0.396. The van der Waals surface area contributed by atoms with Crippen LogP contribution in [-0.4, -0.2) is 75.5 Å². The molecule has 224 valence electrons. The second kappa shape index (κ2) is 9.42. The molecule has 42 heavy (non-hydrogen) atoms. The highest BCUT2D eigenvalue weighted by atomic mass is 16.7. The van der Waals surface area contributed by atoms with E-state index in [9.17, 15) is 34.2 Å². The van der Waals surface area contributed by atoms with Gasteiger partial charge in [-0.3, -0.25) is 14.4 Å². The highest BCUT2D eigenvalue weighted by molar-refractivity contribution is 6.03. The van der Waals surface area contributed by atoms with Gasteiger partial charge < -0.3 is 29.2 Å². The monoisotopic (exact) mass is 582 g/mol. The summed E-state index contributed by atoms with van der Waals surface area (Å²) in [5.41, 5.74) is -7.31. The summed E-state index contributed by atoms with van der Waals surface area (Å²) in [5.74, 6) is -7.57. The molecule has 7 atom stereocenters. The minimum atomic E-state index is -2.33. The van der Waals surface area contributed by atoms with Crippen molar-refractivity contribution in [2.45, 2.75) is 77.2 Å². The lowest BCUT2D eigenvalue weighted by atomic mass is 9.48. The van der Waals surface area contributed by atoms with Crippen molar-refractivity contribution in [3.05, 3.63) is 59.2 Å². The molecule has 1 spiro atoms. The van der Waals surface area contributed by atoms with Gasteiger partial charge in [0.25, 0.3) is 0 Å². The third-order valence-electron chi connectivity index (χ3n) is 9.76. The molecular formula is C31H34O11. The number of fused-ring (bicyclic) bond motifs is 4. The van der Waals surface area contributed by atoms with Crippen LogP contribution in [0.15, 0.2) is 53.6 Å². The van der Waals surface area contributed by atoms with E-state index in [2.05, 4.69) is 0 Å². The molecule has 2 fully saturated rings. The van der Waals surface area contributed by atoms with Gasteiger partial charge in [0.2, 0.25) is 0 Å². The third kappa shape index (κ3) is 3.94. The summed E-state index contributed by atoms with van der Waals surface area (Å²) in [6.07, 6.45) is -1.55. The Bertz CT molecular complexity index is 1450. The van der Waals surface area contributed by atoms with E-state index in [1.165, 1.54) is 39.0 Å². The van der Waals surface area contributed by atoms with Crippen LogP contribution >= 0.6 is 0 Å². The minimum absolute atomic E-state index is 0.0317. The van der Waals surface area contributed by atoms with Gasteiger partial charge in [0.15, 0.2) is 23.5 Å². The molecule has 1 saturated carbocycles. The maximum absolute atomic E-state index is 14.8. The fraction of sp³-hybridized carbons (Fsp3) is 0.516. The Kier molecular flexibility index (Phi) is 6.68. The lowest BCUT2D eigenvalue weighted by Gasteiger charge is -2.58. The standard InChI is InChI=1S/C31H34O11/c1-16-19(33)14-31(38)25(41-26(36)18-10-8-7-9-11-18)23-28(5,24(35)22(40-17(2)32)21(16)27(31,3)4)29(6,37)42-30(23)13-12-20(34)39-15-30/h7-13,22-23,25,37-38H,14-15H2,1-6H3/t22?,23-,25-,28+,29+,30-,31+/m1/s1. The zero-order chi connectivity index (χ0) is 31.0. The van der Waals surface area contributed by atoms with Crippen molar-refractivity contribution < 1.29 is 53.1 Å². The van der Waals surface area contributed by atoms with E-state index in [1.807, 2.05) is 0 Å². The molecule has 4 aliphatic rings. The summed E-state index contributed by atoms with van der Waals surface area (Å²) in [4.78, 5) is 66.4. The van der Waals surface area contributed by atoms with Gasteiger partial charge in [-0.25, -0.2) is 9.59 Å². The maximum atomic E-state index is 14.8. The number of allylic oxidation sites excluding steroid dienone is 1. The summed E-state index contributed by atoms with van der Waals surface area (Å²) in [7, 11) is 0. The second-order valence-electron chi connectivity index (χ2n) is 12.4. The van der Waals surface area contributed by atoms with Crippen LogP contribution in [0.5, 0.6) is 0 Å². The topological polar surface area (TPSA) is 163 Å². The van der Waals surface area contributed by atoms with Crippen molar-refractivity contribution in [3.8, 4) is 0 Å². The molecule has 1 aromatic carbocycles. The van der Waals surface area contributed by atoms with Crippen molar-refractivity contribution in [2.75, 3.05) is 6.61 Å². The Balaban J connectivity index is 1.86. The van der Waals surface area contributed by atoms with Crippen LogP contribution in [0.3, 0.4) is 0 Å². The number of aliphatic hydroxyl groups is 2. The molecule has 5 rings (SSSR count). The average molecular weight is 583 g/mol. The van der Waals surface area contributed by atoms with Gasteiger partial charge in [-0.05, 0) is 50.1 Å². The Morgan fingerprint density at radius 3 is 2.21 bits per heavy atom. The SMILES string of the molecule is CC(=O)OC1C(=O)[C@]2(C)[C@@H]([C@@H](OC(=O)c3ccccc3)[C@@]3(O)CC(=O)C(C)=C1C3(C)C)[C@]1(C=CC(=O)OC1)O[C@]2(C)O. The number of Topliss-reactive ketones (excluding diaryl/α,β-unsaturated/α-hetero) is 2. The van der Waals surface area contributed by atoms with Crippen molar-refractivity contribution >= 4 is 29.5 Å². The van der Waals surface area contributed by atoms with Crippen LogP contribution < -0.4 is 0 Å².